The monoisotopic (exact) mass is 787 g/mol. The zero-order valence-corrected chi connectivity index (χ0v) is 35.3. The molecule has 56 heavy (non-hydrogen) atoms. The number of H-pyrrole nitrogens is 1. The number of nitrogens with two attached hydrogens (primary N) is 1. The summed E-state index contributed by atoms with van der Waals surface area (Å²) in [6.45, 7) is 17.4. The molecule has 4 aliphatic rings. The van der Waals surface area contributed by atoms with Gasteiger partial charge in [0.1, 0.15) is 29.1 Å². The van der Waals surface area contributed by atoms with Crippen molar-refractivity contribution in [1.82, 2.24) is 19.9 Å². The number of fused-ring (bicyclic) bond motifs is 5. The fraction of sp³-hybridized carbons (Fsp3) is 0.581. The number of aromatic nitrogens is 3. The normalized spacial score (nSPS) is 20.6. The van der Waals surface area contributed by atoms with Crippen LogP contribution in [0, 0.1) is 16.7 Å². The number of rotatable bonds is 15. The smallest absolute Gasteiger partial charge is 0.318 e. The lowest BCUT2D eigenvalue weighted by molar-refractivity contribution is -0.117. The van der Waals surface area contributed by atoms with E-state index >= 15 is 4.39 Å². The molecule has 11 nitrogen and oxygen atoms in total. The van der Waals surface area contributed by atoms with Crippen LogP contribution in [0.25, 0.3) is 22.3 Å². The largest absolute Gasteiger partial charge is 0.463 e. The quantitative estimate of drug-likeness (QED) is 0.129. The van der Waals surface area contributed by atoms with E-state index in [0.29, 0.717) is 67.3 Å². The van der Waals surface area contributed by atoms with Crippen LogP contribution in [-0.2, 0) is 27.5 Å². The molecule has 2 bridgehead atoms. The summed E-state index contributed by atoms with van der Waals surface area (Å²) in [5, 5.41) is 15.3. The van der Waals surface area contributed by atoms with Crippen molar-refractivity contribution in [3.63, 3.8) is 0 Å². The number of benzene rings is 1. The summed E-state index contributed by atoms with van der Waals surface area (Å²) >= 11 is 0. The molecule has 5 heterocycles. The maximum atomic E-state index is 15.6. The zero-order chi connectivity index (χ0) is 40.3. The lowest BCUT2D eigenvalue weighted by Crippen LogP contribution is -2.42. The van der Waals surface area contributed by atoms with E-state index < -0.39 is 11.9 Å². The summed E-state index contributed by atoms with van der Waals surface area (Å²) in [7, 11) is 2.87. The number of ether oxygens (including phenoxy) is 3. The number of hydrogen-bond acceptors (Lipinski definition) is 10. The standard InChI is InChI=1S/C39H49FN7O4P.C4H10/c1-6-9-28(21(5)48)43-37-32-26-17-49-16-25(26)31(29(20(4)7-2)30-24(13-41)36(42)44-33(30)27(40)8-3)35(52)34(32)45-38(46-37)51-19-39(10-11-39)18-47-14-23-12-22(47)15-50-23;1-3-4-2/h8,22-23,28,44H,6-7,9-12,14-19,42,52H2,1-5H3,(H,43,45,46);3-4H2,1-2H3/b27-8+,29-20-;/t22-,23-,28?;/m1./s1. The number of aromatic amines is 1. The van der Waals surface area contributed by atoms with E-state index in [1.165, 1.54) is 18.9 Å². The van der Waals surface area contributed by atoms with Gasteiger partial charge < -0.3 is 30.2 Å². The Bertz CT molecular complexity index is 2060. The number of unbranched alkanes of at least 4 members (excludes halogenated alkanes) is 1. The van der Waals surface area contributed by atoms with Crippen LogP contribution in [0.1, 0.15) is 133 Å². The van der Waals surface area contributed by atoms with Crippen molar-refractivity contribution < 1.29 is 23.4 Å². The summed E-state index contributed by atoms with van der Waals surface area (Å²) < 4.78 is 34.1. The summed E-state index contributed by atoms with van der Waals surface area (Å²) in [5.41, 5.74) is 11.9. The Morgan fingerprint density at radius 1 is 1.18 bits per heavy atom. The number of halogens is 1. The number of morpholine rings is 1. The van der Waals surface area contributed by atoms with Gasteiger partial charge >= 0.3 is 6.01 Å². The van der Waals surface area contributed by atoms with E-state index in [0.717, 1.165) is 78.3 Å². The van der Waals surface area contributed by atoms with Gasteiger partial charge in [-0.15, -0.1) is 9.24 Å². The predicted octanol–water partition coefficient (Wildman–Crippen LogP) is 8.11. The summed E-state index contributed by atoms with van der Waals surface area (Å²) in [6, 6.07) is 2.48. The third kappa shape index (κ3) is 8.24. The SMILES string of the molecule is C/C=C(/F)c1[nH]c(N)c(C#N)c1/C(=C(\C)CC)c1c2c(c3c(NC(CCC)C(C)=O)nc(OCC4(CN5C[C@H]6C[C@@H]5CO6)CC4)nc3c1P)COC2.CCCC. The highest BCUT2D eigenvalue weighted by molar-refractivity contribution is 7.28. The minimum absolute atomic E-state index is 0.0175. The molecule has 7 rings (SSSR count). The van der Waals surface area contributed by atoms with Gasteiger partial charge in [-0.1, -0.05) is 52.5 Å². The lowest BCUT2D eigenvalue weighted by atomic mass is 9.85. The van der Waals surface area contributed by atoms with Crippen LogP contribution in [0.5, 0.6) is 6.01 Å². The van der Waals surface area contributed by atoms with Crippen molar-refractivity contribution in [2.45, 2.75) is 131 Å². The number of allylic oxidation sites excluding steroid dienone is 2. The average molecular weight is 788 g/mol. The number of likely N-dealkylation sites (tertiary alicyclic amines) is 1. The molecule has 3 fully saturated rings. The van der Waals surface area contributed by atoms with Crippen molar-refractivity contribution in [1.29, 1.82) is 5.26 Å². The van der Waals surface area contributed by atoms with Crippen molar-refractivity contribution in [3.8, 4) is 12.1 Å². The second-order valence-electron chi connectivity index (χ2n) is 15.9. The maximum absolute atomic E-state index is 15.6. The first kappa shape index (κ1) is 41.7. The number of nitrogen functional groups attached to an aromatic ring is 1. The maximum Gasteiger partial charge on any atom is 0.318 e. The van der Waals surface area contributed by atoms with Gasteiger partial charge in [0.15, 0.2) is 5.78 Å². The Labute approximate surface area is 333 Å². The number of ketones is 1. The predicted molar refractivity (Wildman–Crippen MR) is 225 cm³/mol. The van der Waals surface area contributed by atoms with Gasteiger partial charge in [0, 0.05) is 40.8 Å². The van der Waals surface area contributed by atoms with Crippen LogP contribution < -0.4 is 21.1 Å². The summed E-state index contributed by atoms with van der Waals surface area (Å²) in [5.74, 6) is 0.127. The van der Waals surface area contributed by atoms with E-state index in [2.05, 4.69) is 44.4 Å². The summed E-state index contributed by atoms with van der Waals surface area (Å²) in [4.78, 5) is 28.4. The molecule has 4 atom stereocenters. The Kier molecular flexibility index (Phi) is 13.2. The van der Waals surface area contributed by atoms with Crippen molar-refractivity contribution in [2.24, 2.45) is 5.41 Å². The van der Waals surface area contributed by atoms with E-state index in [-0.39, 0.29) is 34.3 Å². The fourth-order valence-corrected chi connectivity index (χ4v) is 8.67. The minimum Gasteiger partial charge on any atom is -0.463 e. The molecular formula is C43H59FN7O4P. The molecule has 2 aromatic heterocycles. The van der Waals surface area contributed by atoms with Crippen LogP contribution >= 0.6 is 9.24 Å². The molecule has 0 amide bonds. The molecular weight excluding hydrogens is 728 g/mol. The Balaban J connectivity index is 0.00000127. The van der Waals surface area contributed by atoms with Crippen molar-refractivity contribution >= 4 is 54.3 Å². The van der Waals surface area contributed by atoms with Gasteiger partial charge in [0.2, 0.25) is 0 Å². The summed E-state index contributed by atoms with van der Waals surface area (Å²) in [6.07, 6.45) is 9.67. The van der Waals surface area contributed by atoms with E-state index in [4.69, 9.17) is 29.9 Å². The van der Waals surface area contributed by atoms with Gasteiger partial charge in [-0.2, -0.15) is 15.2 Å². The van der Waals surface area contributed by atoms with Gasteiger partial charge in [0.05, 0.1) is 49.8 Å². The first-order chi connectivity index (χ1) is 26.9. The molecule has 3 aromatic rings. The Hall–Kier alpha value is -3.88. The zero-order valence-electron chi connectivity index (χ0n) is 34.2. The van der Waals surface area contributed by atoms with Gasteiger partial charge in [-0.25, -0.2) is 4.39 Å². The van der Waals surface area contributed by atoms with Gasteiger partial charge in [0.25, 0.3) is 0 Å². The Morgan fingerprint density at radius 3 is 2.48 bits per heavy atom. The molecule has 2 saturated heterocycles. The number of anilines is 2. The van der Waals surface area contributed by atoms with Crippen LogP contribution in [0.2, 0.25) is 0 Å². The fourth-order valence-electron chi connectivity index (χ4n) is 8.15. The first-order valence-electron chi connectivity index (χ1n) is 20.4. The highest BCUT2D eigenvalue weighted by Gasteiger charge is 2.49. The molecule has 2 unspecified atom stereocenters. The second kappa shape index (κ2) is 17.7. The van der Waals surface area contributed by atoms with Crippen LogP contribution in [-0.4, -0.2) is 70.1 Å². The molecule has 1 aliphatic carbocycles. The van der Waals surface area contributed by atoms with Gasteiger partial charge in [-0.05, 0) is 81.2 Å². The second-order valence-corrected chi connectivity index (χ2v) is 16.5. The number of carbonyl (C=O) groups excluding carboxylic acids is 1. The average Bonchev–Trinajstić information content (AvgIpc) is 3.60. The molecule has 1 saturated carbocycles. The molecule has 0 radical (unpaired) electrons. The molecule has 1 aromatic carbocycles. The Morgan fingerprint density at radius 2 is 1.91 bits per heavy atom. The lowest BCUT2D eigenvalue weighted by Gasteiger charge is -2.30. The number of nitrogens with one attached hydrogen (secondary N) is 2. The van der Waals surface area contributed by atoms with Crippen molar-refractivity contribution in [3.05, 3.63) is 45.2 Å². The van der Waals surface area contributed by atoms with Crippen LogP contribution in [0.15, 0.2) is 11.6 Å². The highest BCUT2D eigenvalue weighted by atomic mass is 31.0. The molecule has 302 valence electrons. The molecule has 0 spiro atoms. The number of nitrogens with zero attached hydrogens (tertiary/aromatic N) is 4. The third-order valence-electron chi connectivity index (χ3n) is 11.9. The van der Waals surface area contributed by atoms with Crippen molar-refractivity contribution in [2.75, 3.05) is 37.4 Å². The van der Waals surface area contributed by atoms with Crippen LogP contribution in [0.3, 0.4) is 0 Å². The minimum atomic E-state index is -0.511. The number of hydrogen-bond donors (Lipinski definition) is 3. The molecule has 3 aliphatic heterocycles. The van der Waals surface area contributed by atoms with E-state index in [1.54, 1.807) is 13.8 Å². The van der Waals surface area contributed by atoms with Crippen LogP contribution in [0.4, 0.5) is 16.0 Å². The van der Waals surface area contributed by atoms with Gasteiger partial charge in [-0.3, -0.25) is 9.69 Å². The molecule has 13 heteroatoms. The topological polar surface area (TPSA) is 151 Å². The third-order valence-corrected chi connectivity index (χ3v) is 12.4. The number of nitriles is 1. The highest BCUT2D eigenvalue weighted by Crippen LogP contribution is 2.49. The molecule has 4 N–H and O–H groups in total. The number of Topliss-reactive ketones (excluding diaryl/α,β-unsaturated/α-hetero) is 1. The number of carbonyl (C=O) groups is 1. The van der Waals surface area contributed by atoms with E-state index in [9.17, 15) is 10.1 Å². The first-order valence-corrected chi connectivity index (χ1v) is 20.9. The van der Waals surface area contributed by atoms with E-state index in [1.807, 2.05) is 20.8 Å².